The van der Waals surface area contributed by atoms with Gasteiger partial charge in [-0.15, -0.1) is 10.2 Å². The minimum atomic E-state index is -0.981. The predicted molar refractivity (Wildman–Crippen MR) is 68.8 cm³/mol. The number of aliphatic carboxylic acids is 1. The number of carboxylic acids is 1. The Bertz CT molecular complexity index is 560. The third-order valence-electron chi connectivity index (χ3n) is 2.78. The highest BCUT2D eigenvalue weighted by atomic mass is 16.4. The second-order valence-corrected chi connectivity index (χ2v) is 4.70. The molecule has 0 unspecified atom stereocenters. The summed E-state index contributed by atoms with van der Waals surface area (Å²) in [5, 5.41) is 20.2. The van der Waals surface area contributed by atoms with Crippen LogP contribution in [0.15, 0.2) is 24.3 Å². The van der Waals surface area contributed by atoms with Gasteiger partial charge in [-0.3, -0.25) is 4.79 Å². The van der Waals surface area contributed by atoms with E-state index in [4.69, 9.17) is 5.11 Å². The van der Waals surface area contributed by atoms with Gasteiger partial charge in [-0.2, -0.15) is 4.80 Å². The number of rotatable bonds is 5. The Hall–Kier alpha value is -2.24. The summed E-state index contributed by atoms with van der Waals surface area (Å²) in [6, 6.07) is 8.24. The Morgan fingerprint density at radius 1 is 1.32 bits per heavy atom. The molecule has 1 aromatic carbocycles. The first-order valence-electron chi connectivity index (χ1n) is 6.12. The largest absolute Gasteiger partial charge is 0.480 e. The van der Waals surface area contributed by atoms with Crippen molar-refractivity contribution in [3.05, 3.63) is 41.2 Å². The first kappa shape index (κ1) is 13.2. The van der Waals surface area contributed by atoms with Crippen molar-refractivity contribution >= 4 is 5.97 Å². The van der Waals surface area contributed by atoms with Crippen molar-refractivity contribution < 1.29 is 9.90 Å². The van der Waals surface area contributed by atoms with Gasteiger partial charge in [0.1, 0.15) is 0 Å². The summed E-state index contributed by atoms with van der Waals surface area (Å²) in [6.07, 6.45) is 0.554. The van der Waals surface area contributed by atoms with Crippen molar-refractivity contribution in [2.24, 2.45) is 0 Å². The number of tetrazole rings is 1. The predicted octanol–water partition coefficient (Wildman–Crippen LogP) is 1.47. The van der Waals surface area contributed by atoms with Gasteiger partial charge >= 0.3 is 5.97 Å². The van der Waals surface area contributed by atoms with E-state index in [1.54, 1.807) is 0 Å². The van der Waals surface area contributed by atoms with E-state index in [-0.39, 0.29) is 6.54 Å². The molecule has 0 amide bonds. The third-order valence-corrected chi connectivity index (χ3v) is 2.78. The minimum Gasteiger partial charge on any atom is -0.480 e. The smallest absolute Gasteiger partial charge is 0.327 e. The summed E-state index contributed by atoms with van der Waals surface area (Å²) in [6.45, 7) is 4.03. The Morgan fingerprint density at radius 3 is 2.58 bits per heavy atom. The Labute approximate surface area is 111 Å². The summed E-state index contributed by atoms with van der Waals surface area (Å²) in [5.41, 5.74) is 2.37. The fraction of sp³-hybridized carbons (Fsp3) is 0.385. The fourth-order valence-electron chi connectivity index (χ4n) is 1.74. The van der Waals surface area contributed by atoms with Gasteiger partial charge in [-0.1, -0.05) is 38.1 Å². The maximum absolute atomic E-state index is 10.5. The zero-order valence-corrected chi connectivity index (χ0v) is 10.9. The summed E-state index contributed by atoms with van der Waals surface area (Å²) < 4.78 is 0. The van der Waals surface area contributed by atoms with E-state index in [2.05, 4.69) is 41.4 Å². The molecule has 6 nitrogen and oxygen atoms in total. The van der Waals surface area contributed by atoms with E-state index < -0.39 is 5.97 Å². The number of carbonyl (C=O) groups is 1. The fourth-order valence-corrected chi connectivity index (χ4v) is 1.74. The number of hydrogen-bond acceptors (Lipinski definition) is 4. The summed E-state index contributed by atoms with van der Waals surface area (Å²) >= 11 is 0. The van der Waals surface area contributed by atoms with Crippen molar-refractivity contribution in [1.29, 1.82) is 0 Å². The molecule has 19 heavy (non-hydrogen) atoms. The molecule has 0 saturated carbocycles. The third kappa shape index (κ3) is 3.61. The van der Waals surface area contributed by atoms with Crippen LogP contribution < -0.4 is 0 Å². The summed E-state index contributed by atoms with van der Waals surface area (Å²) in [7, 11) is 0. The van der Waals surface area contributed by atoms with Crippen LogP contribution in [0.5, 0.6) is 0 Å². The van der Waals surface area contributed by atoms with Gasteiger partial charge < -0.3 is 5.11 Å². The average molecular weight is 260 g/mol. The van der Waals surface area contributed by atoms with Crippen LogP contribution in [0.3, 0.4) is 0 Å². The van der Waals surface area contributed by atoms with Crippen molar-refractivity contribution in [3.8, 4) is 0 Å². The van der Waals surface area contributed by atoms with Gasteiger partial charge in [0.15, 0.2) is 12.4 Å². The van der Waals surface area contributed by atoms with Crippen molar-refractivity contribution in [1.82, 2.24) is 20.2 Å². The van der Waals surface area contributed by atoms with Gasteiger partial charge in [0, 0.05) is 6.42 Å². The molecule has 2 rings (SSSR count). The highest BCUT2D eigenvalue weighted by Gasteiger charge is 2.07. The van der Waals surface area contributed by atoms with Gasteiger partial charge in [-0.05, 0) is 22.3 Å². The number of hydrogen-bond donors (Lipinski definition) is 1. The van der Waals surface area contributed by atoms with Crippen LogP contribution in [0.1, 0.15) is 36.7 Å². The van der Waals surface area contributed by atoms with Crippen LogP contribution >= 0.6 is 0 Å². The molecule has 0 spiro atoms. The van der Waals surface area contributed by atoms with Crippen LogP contribution in [0.2, 0.25) is 0 Å². The second kappa shape index (κ2) is 5.60. The lowest BCUT2D eigenvalue weighted by atomic mass is 10.0. The van der Waals surface area contributed by atoms with Crippen LogP contribution in [-0.2, 0) is 17.8 Å². The number of nitrogens with zero attached hydrogens (tertiary/aromatic N) is 4. The highest BCUT2D eigenvalue weighted by molar-refractivity contribution is 5.66. The lowest BCUT2D eigenvalue weighted by molar-refractivity contribution is -0.138. The van der Waals surface area contributed by atoms with Gasteiger partial charge in [0.25, 0.3) is 0 Å². The number of benzene rings is 1. The molecule has 6 heteroatoms. The maximum atomic E-state index is 10.5. The molecule has 0 radical (unpaired) electrons. The minimum absolute atomic E-state index is 0.265. The molecule has 0 bridgehead atoms. The SMILES string of the molecule is CC(C)c1ccc(Cc2nnn(CC(=O)O)n2)cc1. The molecule has 2 aromatic rings. The number of aromatic nitrogens is 4. The highest BCUT2D eigenvalue weighted by Crippen LogP contribution is 2.15. The molecule has 1 heterocycles. The molecular formula is C13H16N4O2. The quantitative estimate of drug-likeness (QED) is 0.880. The molecule has 0 atom stereocenters. The normalized spacial score (nSPS) is 10.9. The molecule has 0 aliphatic carbocycles. The average Bonchev–Trinajstić information content (AvgIpc) is 2.76. The van der Waals surface area contributed by atoms with Crippen molar-refractivity contribution in [3.63, 3.8) is 0 Å². The van der Waals surface area contributed by atoms with E-state index in [9.17, 15) is 4.79 Å². The van der Waals surface area contributed by atoms with E-state index in [0.717, 1.165) is 10.4 Å². The molecule has 1 N–H and O–H groups in total. The van der Waals surface area contributed by atoms with Crippen LogP contribution in [-0.4, -0.2) is 31.3 Å². The van der Waals surface area contributed by atoms with Gasteiger partial charge in [0.05, 0.1) is 0 Å². The topological polar surface area (TPSA) is 80.9 Å². The number of carboxylic acid groups (broad SMARTS) is 1. The Morgan fingerprint density at radius 2 is 2.00 bits per heavy atom. The summed E-state index contributed by atoms with van der Waals surface area (Å²) in [4.78, 5) is 11.6. The standard InChI is InChI=1S/C13H16N4O2/c1-9(2)11-5-3-10(4-6-11)7-12-14-16-17(15-12)8-13(18)19/h3-6,9H,7-8H2,1-2H3,(H,18,19). The maximum Gasteiger partial charge on any atom is 0.327 e. The summed E-state index contributed by atoms with van der Waals surface area (Å²) in [5.74, 6) is 0.0485. The van der Waals surface area contributed by atoms with Gasteiger partial charge in [-0.25, -0.2) is 0 Å². The molecule has 0 aliphatic heterocycles. The zero-order chi connectivity index (χ0) is 13.8. The molecular weight excluding hydrogens is 244 g/mol. The van der Waals surface area contributed by atoms with Crippen LogP contribution in [0, 0.1) is 0 Å². The van der Waals surface area contributed by atoms with E-state index in [1.165, 1.54) is 5.56 Å². The molecule has 1 aromatic heterocycles. The van der Waals surface area contributed by atoms with Crippen molar-refractivity contribution in [2.75, 3.05) is 0 Å². The van der Waals surface area contributed by atoms with Crippen LogP contribution in [0.25, 0.3) is 0 Å². The molecule has 100 valence electrons. The van der Waals surface area contributed by atoms with Crippen molar-refractivity contribution in [2.45, 2.75) is 32.7 Å². The Kier molecular flexibility index (Phi) is 3.89. The van der Waals surface area contributed by atoms with E-state index >= 15 is 0 Å². The molecule has 0 saturated heterocycles. The van der Waals surface area contributed by atoms with E-state index in [1.807, 2.05) is 12.1 Å². The molecule has 0 aliphatic rings. The second-order valence-electron chi connectivity index (χ2n) is 4.70. The first-order chi connectivity index (χ1) is 9.04. The lowest BCUT2D eigenvalue weighted by Gasteiger charge is -2.05. The van der Waals surface area contributed by atoms with Crippen LogP contribution in [0.4, 0.5) is 0 Å². The first-order valence-corrected chi connectivity index (χ1v) is 6.12. The van der Waals surface area contributed by atoms with Gasteiger partial charge in [0.2, 0.25) is 0 Å². The molecule has 0 fully saturated rings. The zero-order valence-electron chi connectivity index (χ0n) is 10.9. The van der Waals surface area contributed by atoms with E-state index in [0.29, 0.717) is 18.2 Å². The lowest BCUT2D eigenvalue weighted by Crippen LogP contribution is -2.11. The Balaban J connectivity index is 2.04. The monoisotopic (exact) mass is 260 g/mol.